The summed E-state index contributed by atoms with van der Waals surface area (Å²) in [6.07, 6.45) is 2.06. The smallest absolute Gasteiger partial charge is 0.197 e. The number of hydrogen-bond acceptors (Lipinski definition) is 2. The first-order valence-electron chi connectivity index (χ1n) is 5.46. The highest BCUT2D eigenvalue weighted by molar-refractivity contribution is 6.31. The molecule has 0 fully saturated rings. The molecule has 2 nitrogen and oxygen atoms in total. The molecule has 0 aliphatic carbocycles. The molecule has 0 spiro atoms. The van der Waals surface area contributed by atoms with Gasteiger partial charge in [0.2, 0.25) is 0 Å². The van der Waals surface area contributed by atoms with E-state index in [1.165, 1.54) is 12.3 Å². The zero-order valence-corrected chi connectivity index (χ0v) is 11.2. The van der Waals surface area contributed by atoms with Crippen molar-refractivity contribution < 1.29 is 8.81 Å². The molecular weight excluding hydrogens is 276 g/mol. The SMILES string of the molecule is CNC(Cc1cccc(F)c1Cl)c1ccoc1Cl. The van der Waals surface area contributed by atoms with Gasteiger partial charge in [-0.1, -0.05) is 23.7 Å². The van der Waals surface area contributed by atoms with Gasteiger partial charge in [-0.2, -0.15) is 0 Å². The lowest BCUT2D eigenvalue weighted by molar-refractivity contribution is 0.543. The predicted molar refractivity (Wildman–Crippen MR) is 70.6 cm³/mol. The first-order valence-corrected chi connectivity index (χ1v) is 6.22. The van der Waals surface area contributed by atoms with Crippen molar-refractivity contribution in [2.45, 2.75) is 12.5 Å². The van der Waals surface area contributed by atoms with Gasteiger partial charge in [0.1, 0.15) is 5.82 Å². The zero-order chi connectivity index (χ0) is 13.1. The number of hydrogen-bond donors (Lipinski definition) is 1. The van der Waals surface area contributed by atoms with Crippen molar-refractivity contribution in [3.8, 4) is 0 Å². The first-order chi connectivity index (χ1) is 8.63. The third-order valence-electron chi connectivity index (χ3n) is 2.83. The molecule has 0 bridgehead atoms. The summed E-state index contributed by atoms with van der Waals surface area (Å²) in [4.78, 5) is 0. The van der Waals surface area contributed by atoms with Crippen molar-refractivity contribution >= 4 is 23.2 Å². The molecule has 0 saturated carbocycles. The third kappa shape index (κ3) is 2.69. The summed E-state index contributed by atoms with van der Waals surface area (Å²) in [6, 6.07) is 6.49. The fraction of sp³-hybridized carbons (Fsp3) is 0.231. The Balaban J connectivity index is 2.26. The van der Waals surface area contributed by atoms with E-state index in [9.17, 15) is 4.39 Å². The van der Waals surface area contributed by atoms with Crippen LogP contribution in [-0.4, -0.2) is 7.05 Å². The van der Waals surface area contributed by atoms with Crippen LogP contribution in [0.25, 0.3) is 0 Å². The molecule has 1 unspecified atom stereocenters. The molecule has 18 heavy (non-hydrogen) atoms. The van der Waals surface area contributed by atoms with Crippen LogP contribution in [0.4, 0.5) is 4.39 Å². The highest BCUT2D eigenvalue weighted by Gasteiger charge is 2.18. The molecule has 0 aliphatic heterocycles. The van der Waals surface area contributed by atoms with E-state index in [1.807, 2.05) is 0 Å². The lowest BCUT2D eigenvalue weighted by Crippen LogP contribution is -2.18. The largest absolute Gasteiger partial charge is 0.453 e. The van der Waals surface area contributed by atoms with Gasteiger partial charge >= 0.3 is 0 Å². The molecule has 96 valence electrons. The summed E-state index contributed by atoms with van der Waals surface area (Å²) in [5, 5.41) is 3.60. The average molecular weight is 288 g/mol. The number of nitrogens with one attached hydrogen (secondary N) is 1. The molecule has 2 aromatic rings. The Hall–Kier alpha value is -1.03. The number of rotatable bonds is 4. The van der Waals surface area contributed by atoms with Crippen LogP contribution in [0, 0.1) is 5.82 Å². The van der Waals surface area contributed by atoms with Gasteiger partial charge in [-0.05, 0) is 42.8 Å². The second-order valence-electron chi connectivity index (χ2n) is 3.91. The Kier molecular flexibility index (Phi) is 4.27. The van der Waals surface area contributed by atoms with Crippen molar-refractivity contribution in [2.75, 3.05) is 7.05 Å². The van der Waals surface area contributed by atoms with Crippen LogP contribution in [0.3, 0.4) is 0 Å². The molecule has 1 aromatic heterocycles. The molecule has 0 radical (unpaired) electrons. The van der Waals surface area contributed by atoms with Gasteiger partial charge in [-0.25, -0.2) is 4.39 Å². The Bertz CT molecular complexity index is 542. The van der Waals surface area contributed by atoms with Crippen LogP contribution >= 0.6 is 23.2 Å². The van der Waals surface area contributed by atoms with Crippen LogP contribution in [0.5, 0.6) is 0 Å². The topological polar surface area (TPSA) is 25.2 Å². The molecule has 1 atom stereocenters. The van der Waals surface area contributed by atoms with Gasteiger partial charge < -0.3 is 9.73 Å². The molecule has 0 amide bonds. The van der Waals surface area contributed by atoms with E-state index >= 15 is 0 Å². The van der Waals surface area contributed by atoms with E-state index in [4.69, 9.17) is 27.6 Å². The third-order valence-corrected chi connectivity index (χ3v) is 3.56. The summed E-state index contributed by atoms with van der Waals surface area (Å²) in [7, 11) is 1.81. The Morgan fingerprint density at radius 2 is 2.11 bits per heavy atom. The second kappa shape index (κ2) is 5.74. The normalized spacial score (nSPS) is 12.7. The number of furan rings is 1. The number of likely N-dealkylation sites (N-methyl/N-ethyl adjacent to an activating group) is 1. The lowest BCUT2D eigenvalue weighted by Gasteiger charge is -2.16. The van der Waals surface area contributed by atoms with Gasteiger partial charge in [0, 0.05) is 11.6 Å². The van der Waals surface area contributed by atoms with E-state index in [2.05, 4.69) is 5.32 Å². The quantitative estimate of drug-likeness (QED) is 0.910. The number of benzene rings is 1. The van der Waals surface area contributed by atoms with Crippen molar-refractivity contribution in [1.82, 2.24) is 5.32 Å². The van der Waals surface area contributed by atoms with Gasteiger partial charge in [0.15, 0.2) is 5.22 Å². The predicted octanol–water partition coefficient (Wildman–Crippen LogP) is 4.23. The average Bonchev–Trinajstić information content (AvgIpc) is 2.77. The zero-order valence-electron chi connectivity index (χ0n) is 9.71. The van der Waals surface area contributed by atoms with Crippen molar-refractivity contribution in [3.63, 3.8) is 0 Å². The van der Waals surface area contributed by atoms with Crippen molar-refractivity contribution in [2.24, 2.45) is 0 Å². The van der Waals surface area contributed by atoms with E-state index in [-0.39, 0.29) is 11.1 Å². The summed E-state index contributed by atoms with van der Waals surface area (Å²) >= 11 is 11.9. The van der Waals surface area contributed by atoms with E-state index in [0.29, 0.717) is 11.6 Å². The summed E-state index contributed by atoms with van der Waals surface area (Å²) in [6.45, 7) is 0. The van der Waals surface area contributed by atoms with Crippen molar-refractivity contribution in [1.29, 1.82) is 0 Å². The van der Waals surface area contributed by atoms with Crippen LogP contribution in [0.15, 0.2) is 34.9 Å². The highest BCUT2D eigenvalue weighted by atomic mass is 35.5. The second-order valence-corrected chi connectivity index (χ2v) is 4.63. The maximum atomic E-state index is 13.4. The van der Waals surface area contributed by atoms with E-state index in [1.54, 1.807) is 25.2 Å². The fourth-order valence-corrected chi connectivity index (χ4v) is 2.30. The highest BCUT2D eigenvalue weighted by Crippen LogP contribution is 2.29. The minimum Gasteiger partial charge on any atom is -0.453 e. The molecule has 1 aromatic carbocycles. The van der Waals surface area contributed by atoms with E-state index < -0.39 is 5.82 Å². The first kappa shape index (κ1) is 13.4. The Labute approximate surface area is 115 Å². The van der Waals surface area contributed by atoms with Crippen LogP contribution < -0.4 is 5.32 Å². The minimum atomic E-state index is -0.415. The lowest BCUT2D eigenvalue weighted by atomic mass is 10.0. The fourth-order valence-electron chi connectivity index (χ4n) is 1.85. The summed E-state index contributed by atoms with van der Waals surface area (Å²) < 4.78 is 18.4. The maximum Gasteiger partial charge on any atom is 0.197 e. The molecule has 0 aliphatic rings. The molecule has 0 saturated heterocycles. The standard InChI is InChI=1S/C13H12Cl2FNO/c1-17-11(9-5-6-18-13(9)15)7-8-3-2-4-10(16)12(8)14/h2-6,11,17H,7H2,1H3. The Morgan fingerprint density at radius 1 is 1.33 bits per heavy atom. The van der Waals surface area contributed by atoms with Gasteiger partial charge in [0.25, 0.3) is 0 Å². The van der Waals surface area contributed by atoms with Crippen LogP contribution in [0.1, 0.15) is 17.2 Å². The van der Waals surface area contributed by atoms with Gasteiger partial charge in [-0.3, -0.25) is 0 Å². The van der Waals surface area contributed by atoms with E-state index in [0.717, 1.165) is 11.1 Å². The van der Waals surface area contributed by atoms with Crippen molar-refractivity contribution in [3.05, 3.63) is 57.7 Å². The summed E-state index contributed by atoms with van der Waals surface area (Å²) in [5.41, 5.74) is 1.56. The number of halogens is 3. The molecule has 1 N–H and O–H groups in total. The molecular formula is C13H12Cl2FNO. The molecule has 2 rings (SSSR count). The summed E-state index contributed by atoms with van der Waals surface area (Å²) in [5.74, 6) is -0.415. The van der Waals surface area contributed by atoms with Crippen LogP contribution in [0.2, 0.25) is 10.2 Å². The molecule has 5 heteroatoms. The maximum absolute atomic E-state index is 13.4. The minimum absolute atomic E-state index is 0.0736. The Morgan fingerprint density at radius 3 is 2.72 bits per heavy atom. The molecule has 1 heterocycles. The van der Waals surface area contributed by atoms with Gasteiger partial charge in [0.05, 0.1) is 11.3 Å². The monoisotopic (exact) mass is 287 g/mol. The van der Waals surface area contributed by atoms with Crippen LogP contribution in [-0.2, 0) is 6.42 Å². The van der Waals surface area contributed by atoms with Gasteiger partial charge in [-0.15, -0.1) is 0 Å².